The van der Waals surface area contributed by atoms with E-state index in [9.17, 15) is 4.39 Å². The van der Waals surface area contributed by atoms with Gasteiger partial charge in [-0.15, -0.1) is 0 Å². The Bertz CT molecular complexity index is 969. The monoisotopic (exact) mass is 321 g/mol. The second kappa shape index (κ2) is 6.04. The van der Waals surface area contributed by atoms with Gasteiger partial charge >= 0.3 is 0 Å². The summed E-state index contributed by atoms with van der Waals surface area (Å²) in [5, 5.41) is 0. The highest BCUT2D eigenvalue weighted by molar-refractivity contribution is 5.57. The van der Waals surface area contributed by atoms with Gasteiger partial charge in [0.15, 0.2) is 0 Å². The second-order valence-corrected chi connectivity index (χ2v) is 5.10. The topological polar surface area (TPSA) is 65.2 Å². The van der Waals surface area contributed by atoms with Crippen LogP contribution in [0.25, 0.3) is 17.0 Å². The summed E-state index contributed by atoms with van der Waals surface area (Å²) in [6, 6.07) is 8.45. The number of imidazole rings is 1. The molecule has 4 rings (SSSR count). The Labute approximate surface area is 136 Å². The van der Waals surface area contributed by atoms with Crippen molar-refractivity contribution in [2.75, 3.05) is 0 Å². The summed E-state index contributed by atoms with van der Waals surface area (Å²) < 4.78 is 20.3. The third-order valence-electron chi connectivity index (χ3n) is 3.39. The van der Waals surface area contributed by atoms with Crippen LogP contribution in [-0.2, 0) is 6.61 Å². The van der Waals surface area contributed by atoms with Gasteiger partial charge in [-0.2, -0.15) is 0 Å². The van der Waals surface area contributed by atoms with Crippen molar-refractivity contribution in [2.45, 2.75) is 6.61 Å². The van der Waals surface area contributed by atoms with Gasteiger partial charge in [0.2, 0.25) is 11.7 Å². The lowest BCUT2D eigenvalue weighted by Gasteiger charge is -2.01. The summed E-state index contributed by atoms with van der Waals surface area (Å²) in [4.78, 5) is 16.9. The molecule has 0 amide bonds. The molecule has 0 saturated carbocycles. The molecule has 4 aromatic rings. The van der Waals surface area contributed by atoms with Gasteiger partial charge in [0.25, 0.3) is 0 Å². The molecule has 0 atom stereocenters. The van der Waals surface area contributed by atoms with Crippen LogP contribution in [0, 0.1) is 5.82 Å². The third-order valence-corrected chi connectivity index (χ3v) is 3.39. The predicted molar refractivity (Wildman–Crippen MR) is 84.7 cm³/mol. The number of rotatable bonds is 4. The molecule has 6 nitrogen and oxygen atoms in total. The fraction of sp³-hybridized carbons (Fsp3) is 0.0588. The quantitative estimate of drug-likeness (QED) is 0.578. The van der Waals surface area contributed by atoms with Crippen molar-refractivity contribution in [2.24, 2.45) is 0 Å². The van der Waals surface area contributed by atoms with E-state index in [0.717, 1.165) is 11.3 Å². The molecule has 0 aliphatic heterocycles. The Balaban J connectivity index is 1.58. The van der Waals surface area contributed by atoms with Gasteiger partial charge in [0.1, 0.15) is 12.4 Å². The van der Waals surface area contributed by atoms with Crippen molar-refractivity contribution in [3.05, 3.63) is 72.8 Å². The van der Waals surface area contributed by atoms with Crippen molar-refractivity contribution < 1.29 is 9.13 Å². The smallest absolute Gasteiger partial charge is 0.234 e. The average molecular weight is 321 g/mol. The maximum absolute atomic E-state index is 13.0. The Morgan fingerprint density at radius 1 is 1.00 bits per heavy atom. The lowest BCUT2D eigenvalue weighted by Crippen LogP contribution is -1.96. The molecule has 4 heterocycles. The SMILES string of the molecule is Fc1ccc(-c2cnc3nc(COc4ccccn4)cn3c2)nc1. The van der Waals surface area contributed by atoms with Crippen molar-refractivity contribution in [3.63, 3.8) is 0 Å². The second-order valence-electron chi connectivity index (χ2n) is 5.10. The van der Waals surface area contributed by atoms with E-state index in [1.54, 1.807) is 28.9 Å². The third kappa shape index (κ3) is 2.91. The van der Waals surface area contributed by atoms with E-state index < -0.39 is 0 Å². The largest absolute Gasteiger partial charge is 0.471 e. The number of hydrogen-bond acceptors (Lipinski definition) is 5. The van der Waals surface area contributed by atoms with E-state index in [1.807, 2.05) is 24.5 Å². The fourth-order valence-electron chi connectivity index (χ4n) is 2.26. The van der Waals surface area contributed by atoms with Crippen molar-refractivity contribution in [3.8, 4) is 17.1 Å². The van der Waals surface area contributed by atoms with Gasteiger partial charge in [-0.1, -0.05) is 6.07 Å². The van der Waals surface area contributed by atoms with Crippen molar-refractivity contribution >= 4 is 5.78 Å². The van der Waals surface area contributed by atoms with E-state index >= 15 is 0 Å². The van der Waals surface area contributed by atoms with Crippen LogP contribution in [0.3, 0.4) is 0 Å². The molecule has 24 heavy (non-hydrogen) atoms. The summed E-state index contributed by atoms with van der Waals surface area (Å²) in [5.41, 5.74) is 2.15. The first-order chi connectivity index (χ1) is 11.8. The zero-order valence-electron chi connectivity index (χ0n) is 12.5. The summed E-state index contributed by atoms with van der Waals surface area (Å²) in [6.45, 7) is 0.296. The van der Waals surface area contributed by atoms with Crippen LogP contribution in [0.5, 0.6) is 5.88 Å². The number of pyridine rings is 2. The lowest BCUT2D eigenvalue weighted by molar-refractivity contribution is 0.290. The van der Waals surface area contributed by atoms with E-state index in [0.29, 0.717) is 24.0 Å². The van der Waals surface area contributed by atoms with Crippen LogP contribution in [-0.4, -0.2) is 24.3 Å². The highest BCUT2D eigenvalue weighted by Gasteiger charge is 2.07. The van der Waals surface area contributed by atoms with Crippen molar-refractivity contribution in [1.29, 1.82) is 0 Å². The Hall–Kier alpha value is -3.35. The molecule has 4 aromatic heterocycles. The summed E-state index contributed by atoms with van der Waals surface area (Å²) in [6.07, 6.45) is 8.19. The molecular weight excluding hydrogens is 309 g/mol. The fourth-order valence-corrected chi connectivity index (χ4v) is 2.26. The number of nitrogens with zero attached hydrogens (tertiary/aromatic N) is 5. The summed E-state index contributed by atoms with van der Waals surface area (Å²) >= 11 is 0. The minimum atomic E-state index is -0.371. The molecule has 0 aliphatic rings. The molecular formula is C17H12FN5O. The summed E-state index contributed by atoms with van der Waals surface area (Å²) in [5.74, 6) is 0.726. The van der Waals surface area contributed by atoms with Crippen LogP contribution in [0.1, 0.15) is 5.69 Å². The summed E-state index contributed by atoms with van der Waals surface area (Å²) in [7, 11) is 0. The molecule has 0 aromatic carbocycles. The Morgan fingerprint density at radius 2 is 1.96 bits per heavy atom. The maximum atomic E-state index is 13.0. The van der Waals surface area contributed by atoms with Gasteiger partial charge in [-0.25, -0.2) is 19.3 Å². The molecule has 0 radical (unpaired) electrons. The van der Waals surface area contributed by atoms with E-state index in [1.165, 1.54) is 12.3 Å². The number of hydrogen-bond donors (Lipinski definition) is 0. The highest BCUT2D eigenvalue weighted by Crippen LogP contribution is 2.17. The first-order valence-electron chi connectivity index (χ1n) is 7.27. The van der Waals surface area contributed by atoms with Gasteiger partial charge in [-0.05, 0) is 18.2 Å². The van der Waals surface area contributed by atoms with Crippen LogP contribution in [0.4, 0.5) is 4.39 Å². The Kier molecular flexibility index (Phi) is 3.59. The molecule has 0 saturated heterocycles. The molecule has 0 aliphatic carbocycles. The highest BCUT2D eigenvalue weighted by atomic mass is 19.1. The van der Waals surface area contributed by atoms with Crippen LogP contribution < -0.4 is 4.74 Å². The number of halogens is 1. The van der Waals surface area contributed by atoms with E-state index in [2.05, 4.69) is 19.9 Å². The average Bonchev–Trinajstić information content (AvgIpc) is 3.03. The molecule has 0 bridgehead atoms. The standard InChI is InChI=1S/C17H12FN5O/c18-13-4-5-15(20-8-13)12-7-21-17-22-14(10-23(17)9-12)11-24-16-3-1-2-6-19-16/h1-10H,11H2. The van der Waals surface area contributed by atoms with E-state index in [4.69, 9.17) is 4.74 Å². The normalized spacial score (nSPS) is 10.9. The zero-order valence-corrected chi connectivity index (χ0v) is 12.5. The van der Waals surface area contributed by atoms with Gasteiger partial charge in [0.05, 0.1) is 17.6 Å². The molecule has 0 unspecified atom stereocenters. The van der Waals surface area contributed by atoms with Crippen LogP contribution in [0.2, 0.25) is 0 Å². The van der Waals surface area contributed by atoms with Gasteiger partial charge in [0, 0.05) is 36.4 Å². The molecule has 0 fully saturated rings. The molecule has 0 spiro atoms. The molecule has 0 N–H and O–H groups in total. The minimum absolute atomic E-state index is 0.296. The predicted octanol–water partition coefficient (Wildman–Crippen LogP) is 2.90. The maximum Gasteiger partial charge on any atom is 0.234 e. The first-order valence-corrected chi connectivity index (χ1v) is 7.27. The number of fused-ring (bicyclic) bond motifs is 1. The van der Waals surface area contributed by atoms with Crippen LogP contribution in [0.15, 0.2) is 61.3 Å². The van der Waals surface area contributed by atoms with E-state index in [-0.39, 0.29) is 5.82 Å². The van der Waals surface area contributed by atoms with Gasteiger partial charge < -0.3 is 4.74 Å². The molecule has 7 heteroatoms. The molecule has 118 valence electrons. The number of aromatic nitrogens is 5. The Morgan fingerprint density at radius 3 is 2.75 bits per heavy atom. The first kappa shape index (κ1) is 14.3. The number of ether oxygens (including phenoxy) is 1. The minimum Gasteiger partial charge on any atom is -0.471 e. The van der Waals surface area contributed by atoms with Crippen molar-refractivity contribution in [1.82, 2.24) is 24.3 Å². The van der Waals surface area contributed by atoms with Gasteiger partial charge in [-0.3, -0.25) is 9.38 Å². The lowest BCUT2D eigenvalue weighted by atomic mass is 10.2. The zero-order chi connectivity index (χ0) is 16.4. The van der Waals surface area contributed by atoms with Crippen LogP contribution >= 0.6 is 0 Å².